The summed E-state index contributed by atoms with van der Waals surface area (Å²) in [5.74, 6) is 0.898. The summed E-state index contributed by atoms with van der Waals surface area (Å²) in [7, 11) is 0. The predicted octanol–water partition coefficient (Wildman–Crippen LogP) is 6.80. The van der Waals surface area contributed by atoms with Crippen molar-refractivity contribution in [3.63, 3.8) is 0 Å². The average molecular weight is 596 g/mol. The van der Waals surface area contributed by atoms with Gasteiger partial charge in [0.1, 0.15) is 12.4 Å². The summed E-state index contributed by atoms with van der Waals surface area (Å²) in [6.07, 6.45) is 1.96. The number of thioether (sulfide) groups is 1. The molecule has 0 spiro atoms. The number of fused-ring (bicyclic) bond motifs is 1. The van der Waals surface area contributed by atoms with Gasteiger partial charge in [-0.1, -0.05) is 54.2 Å². The van der Waals surface area contributed by atoms with Crippen molar-refractivity contribution in [3.8, 4) is 5.75 Å². The fraction of sp³-hybridized carbons (Fsp3) is 0.0455. The molecule has 0 N–H and O–H groups in total. The van der Waals surface area contributed by atoms with Crippen molar-refractivity contribution in [3.05, 3.63) is 95.5 Å². The van der Waals surface area contributed by atoms with Crippen LogP contribution in [0, 0.1) is 7.14 Å². The molecular formula is C22H14I2O2S. The molecule has 0 radical (unpaired) electrons. The van der Waals surface area contributed by atoms with Crippen molar-refractivity contribution < 1.29 is 9.53 Å². The van der Waals surface area contributed by atoms with Gasteiger partial charge in [0, 0.05) is 19.6 Å². The van der Waals surface area contributed by atoms with Gasteiger partial charge in [0.25, 0.3) is 0 Å². The van der Waals surface area contributed by atoms with Gasteiger partial charge in [-0.25, -0.2) is 0 Å². The van der Waals surface area contributed by atoms with Crippen LogP contribution in [0.1, 0.15) is 21.5 Å². The smallest absolute Gasteiger partial charge is 0.200 e. The minimum Gasteiger partial charge on any atom is -0.487 e. The maximum Gasteiger partial charge on any atom is 0.200 e. The molecule has 0 saturated carbocycles. The molecule has 134 valence electrons. The first-order valence-corrected chi connectivity index (χ1v) is 11.3. The maximum atomic E-state index is 12.7. The summed E-state index contributed by atoms with van der Waals surface area (Å²) >= 11 is 6.12. The minimum atomic E-state index is 0.0819. The molecule has 2 nitrogen and oxygen atoms in total. The Morgan fingerprint density at radius 2 is 1.70 bits per heavy atom. The third kappa shape index (κ3) is 4.25. The lowest BCUT2D eigenvalue weighted by Gasteiger charge is -2.13. The monoisotopic (exact) mass is 596 g/mol. The van der Waals surface area contributed by atoms with E-state index in [1.165, 1.54) is 11.8 Å². The van der Waals surface area contributed by atoms with E-state index in [4.69, 9.17) is 4.74 Å². The number of carbonyl (C=O) groups excluding carboxylic acids is 1. The van der Waals surface area contributed by atoms with E-state index in [0.29, 0.717) is 6.61 Å². The van der Waals surface area contributed by atoms with E-state index in [2.05, 4.69) is 57.3 Å². The van der Waals surface area contributed by atoms with Crippen molar-refractivity contribution in [1.82, 2.24) is 0 Å². The van der Waals surface area contributed by atoms with Gasteiger partial charge in [0.05, 0.1) is 8.48 Å². The second kappa shape index (κ2) is 8.36. The highest BCUT2D eigenvalue weighted by atomic mass is 127. The quantitative estimate of drug-likeness (QED) is 0.245. The molecule has 0 unspecified atom stereocenters. The highest BCUT2D eigenvalue weighted by molar-refractivity contribution is 14.1. The number of Topliss-reactive ketones (excluding diaryl/α,β-unsaturated/α-hetero) is 1. The van der Waals surface area contributed by atoms with Gasteiger partial charge in [-0.05, 0) is 81.1 Å². The zero-order chi connectivity index (χ0) is 18.8. The van der Waals surface area contributed by atoms with Gasteiger partial charge in [-0.15, -0.1) is 0 Å². The number of allylic oxidation sites excluding steroid dienone is 1. The van der Waals surface area contributed by atoms with Crippen LogP contribution in [-0.4, -0.2) is 5.78 Å². The van der Waals surface area contributed by atoms with E-state index in [9.17, 15) is 4.79 Å². The van der Waals surface area contributed by atoms with Crippen LogP contribution in [0.3, 0.4) is 0 Å². The lowest BCUT2D eigenvalue weighted by atomic mass is 10.1. The molecule has 5 heteroatoms. The first kappa shape index (κ1) is 19.0. The molecule has 4 rings (SSSR count). The Morgan fingerprint density at radius 3 is 2.48 bits per heavy atom. The molecule has 1 aliphatic heterocycles. The third-order valence-corrected chi connectivity index (χ3v) is 6.65. The van der Waals surface area contributed by atoms with Crippen LogP contribution in [0.4, 0.5) is 0 Å². The van der Waals surface area contributed by atoms with E-state index < -0.39 is 0 Å². The zero-order valence-electron chi connectivity index (χ0n) is 14.1. The van der Waals surface area contributed by atoms with E-state index >= 15 is 0 Å². The highest BCUT2D eigenvalue weighted by Crippen LogP contribution is 2.42. The third-order valence-electron chi connectivity index (χ3n) is 4.13. The van der Waals surface area contributed by atoms with Crippen molar-refractivity contribution in [2.24, 2.45) is 0 Å². The number of hydrogen-bond acceptors (Lipinski definition) is 3. The van der Waals surface area contributed by atoms with Crippen molar-refractivity contribution >= 4 is 68.8 Å². The molecule has 27 heavy (non-hydrogen) atoms. The second-order valence-corrected chi connectivity index (χ2v) is 9.51. The fourth-order valence-electron chi connectivity index (χ4n) is 2.85. The molecule has 3 aromatic rings. The summed E-state index contributed by atoms with van der Waals surface area (Å²) in [6, 6.07) is 22.0. The number of halogens is 2. The zero-order valence-corrected chi connectivity index (χ0v) is 19.2. The average Bonchev–Trinajstić information content (AvgIpc) is 2.98. The van der Waals surface area contributed by atoms with Gasteiger partial charge in [-0.2, -0.15) is 0 Å². The number of ketones is 1. The topological polar surface area (TPSA) is 26.3 Å². The Labute approximate surface area is 189 Å². The van der Waals surface area contributed by atoms with E-state index in [0.717, 1.165) is 39.4 Å². The van der Waals surface area contributed by atoms with Crippen molar-refractivity contribution in [2.45, 2.75) is 11.5 Å². The van der Waals surface area contributed by atoms with Crippen LogP contribution in [-0.2, 0) is 6.61 Å². The number of ether oxygens (including phenoxy) is 1. The molecular weight excluding hydrogens is 582 g/mol. The molecule has 0 bridgehead atoms. The van der Waals surface area contributed by atoms with Gasteiger partial charge in [0.15, 0.2) is 0 Å². The molecule has 0 atom stereocenters. The Kier molecular flexibility index (Phi) is 5.89. The van der Waals surface area contributed by atoms with E-state index in [-0.39, 0.29) is 5.78 Å². The normalized spacial score (nSPS) is 14.4. The van der Waals surface area contributed by atoms with Gasteiger partial charge in [-0.3, -0.25) is 4.79 Å². The Morgan fingerprint density at radius 1 is 0.963 bits per heavy atom. The minimum absolute atomic E-state index is 0.0819. The molecule has 3 aromatic carbocycles. The SMILES string of the molecule is O=C1/C(=C/c2cc(I)cc(I)c2OCc2ccccc2)Sc2ccccc21. The summed E-state index contributed by atoms with van der Waals surface area (Å²) in [5.41, 5.74) is 2.83. The number of benzene rings is 3. The Bertz CT molecular complexity index is 1050. The first-order valence-electron chi connectivity index (χ1n) is 8.31. The molecule has 0 fully saturated rings. The number of carbonyl (C=O) groups is 1. The summed E-state index contributed by atoms with van der Waals surface area (Å²) in [5, 5.41) is 0. The molecule has 0 amide bonds. The predicted molar refractivity (Wildman–Crippen MR) is 127 cm³/mol. The van der Waals surface area contributed by atoms with Gasteiger partial charge < -0.3 is 4.74 Å². The lowest BCUT2D eigenvalue weighted by molar-refractivity contribution is 0.104. The molecule has 0 saturated heterocycles. The second-order valence-electron chi connectivity index (χ2n) is 6.02. The van der Waals surface area contributed by atoms with E-state index in [1.54, 1.807) is 0 Å². The van der Waals surface area contributed by atoms with Crippen molar-refractivity contribution in [2.75, 3.05) is 0 Å². The largest absolute Gasteiger partial charge is 0.487 e. The van der Waals surface area contributed by atoms with Crippen molar-refractivity contribution in [1.29, 1.82) is 0 Å². The van der Waals surface area contributed by atoms with E-state index in [1.807, 2.05) is 60.7 Å². The first-order chi connectivity index (χ1) is 13.1. The summed E-state index contributed by atoms with van der Waals surface area (Å²) < 4.78 is 8.31. The lowest BCUT2D eigenvalue weighted by Crippen LogP contribution is -2.00. The molecule has 0 aliphatic carbocycles. The maximum absolute atomic E-state index is 12.7. The van der Waals surface area contributed by atoms with Gasteiger partial charge in [0.2, 0.25) is 5.78 Å². The van der Waals surface area contributed by atoms with Crippen LogP contribution < -0.4 is 4.74 Å². The molecule has 0 aromatic heterocycles. The molecule has 1 heterocycles. The summed E-state index contributed by atoms with van der Waals surface area (Å²) in [4.78, 5) is 14.5. The highest BCUT2D eigenvalue weighted by Gasteiger charge is 2.25. The van der Waals surface area contributed by atoms with Crippen LogP contribution in [0.2, 0.25) is 0 Å². The Hall–Kier alpha value is -1.32. The summed E-state index contributed by atoms with van der Waals surface area (Å²) in [6.45, 7) is 0.495. The fourth-order valence-corrected chi connectivity index (χ4v) is 5.93. The number of rotatable bonds is 4. The van der Waals surface area contributed by atoms with Crippen LogP contribution >= 0.6 is 56.9 Å². The van der Waals surface area contributed by atoms with Crippen LogP contribution in [0.15, 0.2) is 76.5 Å². The molecule has 1 aliphatic rings. The van der Waals surface area contributed by atoms with Crippen LogP contribution in [0.5, 0.6) is 5.75 Å². The number of hydrogen-bond donors (Lipinski definition) is 0. The van der Waals surface area contributed by atoms with Gasteiger partial charge >= 0.3 is 0 Å². The van der Waals surface area contributed by atoms with Crippen LogP contribution in [0.25, 0.3) is 6.08 Å². The Balaban J connectivity index is 1.68. The standard InChI is InChI=1S/C22H14I2O2S/c23-16-10-15(11-20-21(25)17-8-4-5-9-19(17)27-20)22(18(24)12-16)26-13-14-6-2-1-3-7-14/h1-12H,13H2/b20-11-.